The summed E-state index contributed by atoms with van der Waals surface area (Å²) in [6.07, 6.45) is 0. The first-order chi connectivity index (χ1) is 7.22. The minimum absolute atomic E-state index is 0.269. The lowest BCUT2D eigenvalue weighted by Crippen LogP contribution is -2.00. The summed E-state index contributed by atoms with van der Waals surface area (Å²) in [5.74, 6) is 0.552. The van der Waals surface area contributed by atoms with Crippen molar-refractivity contribution in [3.8, 4) is 5.75 Å². The van der Waals surface area contributed by atoms with Crippen LogP contribution >= 0.6 is 15.9 Å². The number of alkyl halides is 1. The summed E-state index contributed by atoms with van der Waals surface area (Å²) in [6.45, 7) is 2.35. The van der Waals surface area contributed by atoms with Crippen molar-refractivity contribution in [2.75, 3.05) is 11.9 Å². The van der Waals surface area contributed by atoms with Gasteiger partial charge in [0.05, 0.1) is 6.61 Å². The van der Waals surface area contributed by atoms with Gasteiger partial charge in [0.1, 0.15) is 12.4 Å². The lowest BCUT2D eigenvalue weighted by Gasteiger charge is -2.05. The van der Waals surface area contributed by atoms with Crippen molar-refractivity contribution in [2.24, 2.45) is 0 Å². The van der Waals surface area contributed by atoms with Gasteiger partial charge in [-0.25, -0.2) is 0 Å². The molecule has 82 valence electrons. The van der Waals surface area contributed by atoms with E-state index < -0.39 is 0 Å². The van der Waals surface area contributed by atoms with Crippen molar-refractivity contribution in [3.05, 3.63) is 29.8 Å². The molecule has 0 heterocycles. The molecule has 1 aromatic rings. The van der Waals surface area contributed by atoms with E-state index in [1.165, 1.54) is 6.92 Å². The summed E-state index contributed by atoms with van der Waals surface area (Å²) in [5, 5.41) is 0.808. The minimum Gasteiger partial charge on any atom is -0.493 e. The summed E-state index contributed by atoms with van der Waals surface area (Å²) >= 11 is 3.28. The lowest BCUT2D eigenvalue weighted by molar-refractivity contribution is -0.142. The van der Waals surface area contributed by atoms with Crippen LogP contribution < -0.4 is 4.74 Å². The summed E-state index contributed by atoms with van der Waals surface area (Å²) in [6, 6.07) is 7.49. The number of benzene rings is 1. The maximum Gasteiger partial charge on any atom is 0.302 e. The Balaban J connectivity index is 2.45. The topological polar surface area (TPSA) is 35.5 Å². The second-order valence-corrected chi connectivity index (χ2v) is 3.75. The highest BCUT2D eigenvalue weighted by atomic mass is 79.9. The molecule has 0 spiro atoms. The molecule has 0 aliphatic rings. The van der Waals surface area contributed by atoms with Crippen molar-refractivity contribution >= 4 is 21.9 Å². The second-order valence-electron chi connectivity index (χ2n) is 2.96. The van der Waals surface area contributed by atoms with E-state index in [9.17, 15) is 4.79 Å². The van der Waals surface area contributed by atoms with Crippen molar-refractivity contribution in [2.45, 2.75) is 13.5 Å². The van der Waals surface area contributed by atoms with Crippen LogP contribution in [0.3, 0.4) is 0 Å². The summed E-state index contributed by atoms with van der Waals surface area (Å²) in [5.41, 5.74) is 0.955. The van der Waals surface area contributed by atoms with E-state index in [0.717, 1.165) is 16.6 Å². The number of esters is 1. The first-order valence-electron chi connectivity index (χ1n) is 4.63. The largest absolute Gasteiger partial charge is 0.493 e. The molecule has 0 bridgehead atoms. The van der Waals surface area contributed by atoms with Crippen molar-refractivity contribution < 1.29 is 14.3 Å². The molecule has 0 N–H and O–H groups in total. The third kappa shape index (κ3) is 4.83. The predicted molar refractivity (Wildman–Crippen MR) is 61.2 cm³/mol. The van der Waals surface area contributed by atoms with E-state index in [2.05, 4.69) is 15.9 Å². The van der Waals surface area contributed by atoms with Crippen molar-refractivity contribution in [1.82, 2.24) is 0 Å². The van der Waals surface area contributed by atoms with Crippen LogP contribution in [0.1, 0.15) is 12.5 Å². The molecule has 0 radical (unpaired) electrons. The van der Waals surface area contributed by atoms with E-state index in [4.69, 9.17) is 9.47 Å². The molecule has 0 aliphatic heterocycles. The molecule has 0 atom stereocenters. The summed E-state index contributed by atoms with van der Waals surface area (Å²) in [4.78, 5) is 10.6. The lowest BCUT2D eigenvalue weighted by atomic mass is 10.2. The van der Waals surface area contributed by atoms with Crippen LogP contribution in [-0.4, -0.2) is 17.9 Å². The quantitative estimate of drug-likeness (QED) is 0.611. The Labute approximate surface area is 97.5 Å². The molecular weight excluding hydrogens is 260 g/mol. The molecule has 4 heteroatoms. The Kier molecular flexibility index (Phi) is 5.18. The number of carbonyl (C=O) groups excluding carboxylic acids is 1. The zero-order chi connectivity index (χ0) is 11.1. The Bertz CT molecular complexity index is 308. The Hall–Kier alpha value is -1.03. The predicted octanol–water partition coefficient (Wildman–Crippen LogP) is 2.52. The number of hydrogen-bond acceptors (Lipinski definition) is 3. The molecule has 1 rings (SSSR count). The van der Waals surface area contributed by atoms with Gasteiger partial charge >= 0.3 is 5.97 Å². The Morgan fingerprint density at radius 3 is 2.53 bits per heavy atom. The Morgan fingerprint density at radius 2 is 2.00 bits per heavy atom. The van der Waals surface area contributed by atoms with Gasteiger partial charge < -0.3 is 9.47 Å². The van der Waals surface area contributed by atoms with Gasteiger partial charge in [0, 0.05) is 12.3 Å². The summed E-state index contributed by atoms with van der Waals surface area (Å²) < 4.78 is 10.2. The van der Waals surface area contributed by atoms with Crippen molar-refractivity contribution in [1.29, 1.82) is 0 Å². The fourth-order valence-corrected chi connectivity index (χ4v) is 1.19. The van der Waals surface area contributed by atoms with Crippen LogP contribution in [0.5, 0.6) is 5.75 Å². The van der Waals surface area contributed by atoms with Gasteiger partial charge in [0.25, 0.3) is 0 Å². The zero-order valence-electron chi connectivity index (χ0n) is 8.53. The van der Waals surface area contributed by atoms with Gasteiger partial charge in [-0.2, -0.15) is 0 Å². The SMILES string of the molecule is CC(=O)OCc1ccc(OCCBr)cc1. The van der Waals surface area contributed by atoms with E-state index >= 15 is 0 Å². The Morgan fingerprint density at radius 1 is 1.33 bits per heavy atom. The van der Waals surface area contributed by atoms with Crippen LogP contribution in [-0.2, 0) is 16.1 Å². The molecule has 0 aromatic heterocycles. The molecule has 0 fully saturated rings. The third-order valence-electron chi connectivity index (χ3n) is 1.71. The maximum atomic E-state index is 10.6. The standard InChI is InChI=1S/C11H13BrO3/c1-9(13)15-8-10-2-4-11(5-3-10)14-7-6-12/h2-5H,6-8H2,1H3. The van der Waals surface area contributed by atoms with Crippen LogP contribution in [0.2, 0.25) is 0 Å². The molecule has 0 unspecified atom stereocenters. The molecule has 0 saturated heterocycles. The zero-order valence-corrected chi connectivity index (χ0v) is 10.1. The normalized spacial score (nSPS) is 9.73. The number of rotatable bonds is 5. The number of ether oxygens (including phenoxy) is 2. The molecule has 0 amide bonds. The highest BCUT2D eigenvalue weighted by Crippen LogP contribution is 2.12. The van der Waals surface area contributed by atoms with E-state index in [-0.39, 0.29) is 5.97 Å². The molecule has 3 nitrogen and oxygen atoms in total. The molecule has 0 aliphatic carbocycles. The van der Waals surface area contributed by atoms with Gasteiger partial charge in [0.2, 0.25) is 0 Å². The summed E-state index contributed by atoms with van der Waals surface area (Å²) in [7, 11) is 0. The van der Waals surface area contributed by atoms with E-state index in [1.54, 1.807) is 0 Å². The minimum atomic E-state index is -0.269. The fourth-order valence-electron chi connectivity index (χ4n) is 1.02. The number of hydrogen-bond donors (Lipinski definition) is 0. The smallest absolute Gasteiger partial charge is 0.302 e. The van der Waals surface area contributed by atoms with Crippen LogP contribution in [0.25, 0.3) is 0 Å². The van der Waals surface area contributed by atoms with Gasteiger partial charge in [-0.1, -0.05) is 28.1 Å². The van der Waals surface area contributed by atoms with Crippen LogP contribution in [0.15, 0.2) is 24.3 Å². The van der Waals surface area contributed by atoms with E-state index in [0.29, 0.717) is 13.2 Å². The van der Waals surface area contributed by atoms with E-state index in [1.807, 2.05) is 24.3 Å². The van der Waals surface area contributed by atoms with Gasteiger partial charge in [0.15, 0.2) is 0 Å². The van der Waals surface area contributed by atoms with Gasteiger partial charge in [-0.3, -0.25) is 4.79 Å². The van der Waals surface area contributed by atoms with Gasteiger partial charge in [-0.05, 0) is 17.7 Å². The fraction of sp³-hybridized carbons (Fsp3) is 0.364. The van der Waals surface area contributed by atoms with Crippen LogP contribution in [0, 0.1) is 0 Å². The first-order valence-corrected chi connectivity index (χ1v) is 5.75. The number of carbonyl (C=O) groups is 1. The molecular formula is C11H13BrO3. The highest BCUT2D eigenvalue weighted by Gasteiger charge is 1.97. The number of halogens is 1. The average molecular weight is 273 g/mol. The molecule has 1 aromatic carbocycles. The third-order valence-corrected chi connectivity index (χ3v) is 2.04. The first kappa shape index (κ1) is 12.0. The molecule has 15 heavy (non-hydrogen) atoms. The van der Waals surface area contributed by atoms with Crippen molar-refractivity contribution in [3.63, 3.8) is 0 Å². The highest BCUT2D eigenvalue weighted by molar-refractivity contribution is 9.09. The van der Waals surface area contributed by atoms with Gasteiger partial charge in [-0.15, -0.1) is 0 Å². The average Bonchev–Trinajstić information content (AvgIpc) is 2.25. The monoisotopic (exact) mass is 272 g/mol. The molecule has 0 saturated carbocycles. The van der Waals surface area contributed by atoms with Crippen LogP contribution in [0.4, 0.5) is 0 Å². The second kappa shape index (κ2) is 6.45. The maximum absolute atomic E-state index is 10.6.